The van der Waals surface area contributed by atoms with Gasteiger partial charge in [0, 0.05) is 4.88 Å². The summed E-state index contributed by atoms with van der Waals surface area (Å²) in [6.07, 6.45) is 5.72. The van der Waals surface area contributed by atoms with Gasteiger partial charge in [0.1, 0.15) is 0 Å². The fourth-order valence-corrected chi connectivity index (χ4v) is 3.55. The Kier molecular flexibility index (Phi) is 2.73. The molecule has 2 rings (SSSR count). The maximum Gasteiger partial charge on any atom is 0.0105 e. The lowest BCUT2D eigenvalue weighted by molar-refractivity contribution is 0.346. The number of hydrogen-bond donors (Lipinski definition) is 0. The van der Waals surface area contributed by atoms with Gasteiger partial charge < -0.3 is 0 Å². The summed E-state index contributed by atoms with van der Waals surface area (Å²) in [7, 11) is 0. The number of thiophene rings is 1. The molecule has 2 atom stereocenters. The molecular formula is C12H18S. The van der Waals surface area contributed by atoms with Gasteiger partial charge in [0.15, 0.2) is 0 Å². The van der Waals surface area contributed by atoms with Crippen molar-refractivity contribution in [1.29, 1.82) is 0 Å². The lowest BCUT2D eigenvalue weighted by atomic mass is 9.81. The highest BCUT2D eigenvalue weighted by Crippen LogP contribution is 2.39. The average molecular weight is 194 g/mol. The van der Waals surface area contributed by atoms with E-state index in [0.717, 1.165) is 11.8 Å². The van der Waals surface area contributed by atoms with Gasteiger partial charge in [-0.05, 0) is 48.6 Å². The molecule has 0 bridgehead atoms. The van der Waals surface area contributed by atoms with Crippen LogP contribution in [0.25, 0.3) is 0 Å². The molecule has 1 aromatic heterocycles. The van der Waals surface area contributed by atoms with Gasteiger partial charge in [-0.25, -0.2) is 0 Å². The maximum atomic E-state index is 2.40. The molecule has 1 heteroatoms. The standard InChI is InChI=1S/C12H18S/c1-9-4-3-5-11(8-9)12-10(2)6-7-13-12/h6-7,9,11H,3-5,8H2,1-2H3. The largest absolute Gasteiger partial charge is 0.148 e. The van der Waals surface area contributed by atoms with Crippen LogP contribution in [0.1, 0.15) is 49.0 Å². The molecular weight excluding hydrogens is 176 g/mol. The first-order valence-corrected chi connectivity index (χ1v) is 6.19. The van der Waals surface area contributed by atoms with Crippen LogP contribution in [0.15, 0.2) is 11.4 Å². The predicted molar refractivity (Wildman–Crippen MR) is 59.4 cm³/mol. The first-order valence-electron chi connectivity index (χ1n) is 5.31. The molecule has 0 N–H and O–H groups in total. The molecule has 2 unspecified atom stereocenters. The smallest absolute Gasteiger partial charge is 0.0105 e. The van der Waals surface area contributed by atoms with Gasteiger partial charge in [0.05, 0.1) is 0 Å². The topological polar surface area (TPSA) is 0 Å². The summed E-state index contributed by atoms with van der Waals surface area (Å²) >= 11 is 1.96. The molecule has 1 aromatic rings. The Morgan fingerprint density at radius 3 is 2.85 bits per heavy atom. The normalized spacial score (nSPS) is 29.1. The molecule has 0 nitrogen and oxygen atoms in total. The Morgan fingerprint density at radius 1 is 1.38 bits per heavy atom. The highest BCUT2D eigenvalue weighted by Gasteiger charge is 2.22. The van der Waals surface area contributed by atoms with E-state index >= 15 is 0 Å². The Balaban J connectivity index is 2.12. The van der Waals surface area contributed by atoms with Gasteiger partial charge in [-0.2, -0.15) is 0 Å². The van der Waals surface area contributed by atoms with Crippen molar-refractivity contribution in [1.82, 2.24) is 0 Å². The fraction of sp³-hybridized carbons (Fsp3) is 0.667. The zero-order chi connectivity index (χ0) is 9.26. The molecule has 0 radical (unpaired) electrons. The molecule has 1 aliphatic rings. The first kappa shape index (κ1) is 9.26. The highest BCUT2D eigenvalue weighted by atomic mass is 32.1. The Hall–Kier alpha value is -0.300. The van der Waals surface area contributed by atoms with Gasteiger partial charge >= 0.3 is 0 Å². The summed E-state index contributed by atoms with van der Waals surface area (Å²) < 4.78 is 0. The molecule has 0 spiro atoms. The van der Waals surface area contributed by atoms with Crippen LogP contribution in [0, 0.1) is 12.8 Å². The van der Waals surface area contributed by atoms with E-state index in [0.29, 0.717) is 0 Å². The zero-order valence-corrected chi connectivity index (χ0v) is 9.36. The molecule has 0 saturated heterocycles. The van der Waals surface area contributed by atoms with Crippen molar-refractivity contribution in [3.8, 4) is 0 Å². The van der Waals surface area contributed by atoms with Crippen molar-refractivity contribution in [2.24, 2.45) is 5.92 Å². The molecule has 1 fully saturated rings. The molecule has 0 aromatic carbocycles. The number of aryl methyl sites for hydroxylation is 1. The molecule has 72 valence electrons. The monoisotopic (exact) mass is 194 g/mol. The second-order valence-corrected chi connectivity index (χ2v) is 5.38. The zero-order valence-electron chi connectivity index (χ0n) is 8.55. The lowest BCUT2D eigenvalue weighted by Crippen LogP contribution is -2.11. The van der Waals surface area contributed by atoms with Gasteiger partial charge in [-0.15, -0.1) is 11.3 Å². The van der Waals surface area contributed by atoms with Crippen LogP contribution in [-0.4, -0.2) is 0 Å². The van der Waals surface area contributed by atoms with Crippen LogP contribution in [0.5, 0.6) is 0 Å². The summed E-state index contributed by atoms with van der Waals surface area (Å²) in [6, 6.07) is 2.26. The van der Waals surface area contributed by atoms with Gasteiger partial charge in [0.25, 0.3) is 0 Å². The number of hydrogen-bond acceptors (Lipinski definition) is 1. The third-order valence-electron chi connectivity index (χ3n) is 3.21. The van der Waals surface area contributed by atoms with E-state index in [2.05, 4.69) is 25.3 Å². The Bertz CT molecular complexity index is 274. The Morgan fingerprint density at radius 2 is 2.23 bits per heavy atom. The summed E-state index contributed by atoms with van der Waals surface area (Å²) in [5.74, 6) is 1.82. The number of rotatable bonds is 1. The third-order valence-corrected chi connectivity index (χ3v) is 4.39. The molecule has 1 saturated carbocycles. The van der Waals surface area contributed by atoms with E-state index in [1.54, 1.807) is 4.88 Å². The molecule has 0 amide bonds. The second-order valence-electron chi connectivity index (χ2n) is 4.44. The molecule has 13 heavy (non-hydrogen) atoms. The molecule has 0 aliphatic heterocycles. The minimum atomic E-state index is 0.878. The van der Waals surface area contributed by atoms with Crippen LogP contribution in [0.3, 0.4) is 0 Å². The van der Waals surface area contributed by atoms with Crippen molar-refractivity contribution in [2.45, 2.75) is 45.4 Å². The molecule has 1 heterocycles. The van der Waals surface area contributed by atoms with E-state index in [4.69, 9.17) is 0 Å². The van der Waals surface area contributed by atoms with Crippen molar-refractivity contribution < 1.29 is 0 Å². The quantitative estimate of drug-likeness (QED) is 0.623. The first-order chi connectivity index (χ1) is 6.27. The van der Waals surface area contributed by atoms with Gasteiger partial charge in [0.2, 0.25) is 0 Å². The maximum absolute atomic E-state index is 2.40. The third kappa shape index (κ3) is 1.96. The van der Waals surface area contributed by atoms with Crippen LogP contribution >= 0.6 is 11.3 Å². The highest BCUT2D eigenvalue weighted by molar-refractivity contribution is 7.10. The van der Waals surface area contributed by atoms with Crippen molar-refractivity contribution in [3.63, 3.8) is 0 Å². The van der Waals surface area contributed by atoms with E-state index in [1.807, 2.05) is 11.3 Å². The minimum Gasteiger partial charge on any atom is -0.148 e. The SMILES string of the molecule is Cc1ccsc1C1CCCC(C)C1. The van der Waals surface area contributed by atoms with Gasteiger partial charge in [-0.1, -0.05) is 19.8 Å². The Labute approximate surface area is 85.0 Å². The summed E-state index contributed by atoms with van der Waals surface area (Å²) in [5.41, 5.74) is 1.52. The second kappa shape index (κ2) is 3.83. The van der Waals surface area contributed by atoms with Crippen LogP contribution in [-0.2, 0) is 0 Å². The van der Waals surface area contributed by atoms with Gasteiger partial charge in [-0.3, -0.25) is 0 Å². The molecule has 1 aliphatic carbocycles. The van der Waals surface area contributed by atoms with E-state index < -0.39 is 0 Å². The van der Waals surface area contributed by atoms with E-state index in [-0.39, 0.29) is 0 Å². The van der Waals surface area contributed by atoms with E-state index in [1.165, 1.54) is 31.2 Å². The van der Waals surface area contributed by atoms with Crippen molar-refractivity contribution in [3.05, 3.63) is 21.9 Å². The van der Waals surface area contributed by atoms with Crippen molar-refractivity contribution in [2.75, 3.05) is 0 Å². The van der Waals surface area contributed by atoms with Crippen molar-refractivity contribution >= 4 is 11.3 Å². The summed E-state index contributed by atoms with van der Waals surface area (Å²) in [4.78, 5) is 1.66. The fourth-order valence-electron chi connectivity index (χ4n) is 2.47. The summed E-state index contributed by atoms with van der Waals surface area (Å²) in [5, 5.41) is 2.24. The minimum absolute atomic E-state index is 0.878. The lowest BCUT2D eigenvalue weighted by Gasteiger charge is -2.26. The van der Waals surface area contributed by atoms with Crippen LogP contribution < -0.4 is 0 Å². The van der Waals surface area contributed by atoms with Crippen LogP contribution in [0.2, 0.25) is 0 Å². The summed E-state index contributed by atoms with van der Waals surface area (Å²) in [6.45, 7) is 4.65. The van der Waals surface area contributed by atoms with E-state index in [9.17, 15) is 0 Å². The predicted octanol–water partition coefficient (Wildman–Crippen LogP) is 4.35. The van der Waals surface area contributed by atoms with Crippen LogP contribution in [0.4, 0.5) is 0 Å². The average Bonchev–Trinajstić information content (AvgIpc) is 2.51.